The fourth-order valence-corrected chi connectivity index (χ4v) is 7.84. The smallest absolute Gasteiger partial charge is 0.159 e. The highest BCUT2D eigenvalue weighted by Gasteiger charge is 2.21. The van der Waals surface area contributed by atoms with Crippen LogP contribution in [-0.2, 0) is 0 Å². The Labute approximate surface area is 302 Å². The maximum atomic E-state index is 6.80. The zero-order chi connectivity index (χ0) is 34.4. The van der Waals surface area contributed by atoms with E-state index in [1.807, 2.05) is 0 Å². The van der Waals surface area contributed by atoms with Crippen molar-refractivity contribution < 1.29 is 4.42 Å². The molecule has 0 radical (unpaired) electrons. The Bertz CT molecular complexity index is 2880. The van der Waals surface area contributed by atoms with Gasteiger partial charge in [-0.2, -0.15) is 0 Å². The number of anilines is 3. The number of para-hydroxylation sites is 1. The van der Waals surface area contributed by atoms with Crippen LogP contribution in [0.5, 0.6) is 0 Å². The molecule has 0 amide bonds. The second kappa shape index (κ2) is 12.5. The molecule has 244 valence electrons. The Kier molecular flexibility index (Phi) is 7.18. The molecule has 0 spiro atoms. The predicted molar refractivity (Wildman–Crippen MR) is 220 cm³/mol. The van der Waals surface area contributed by atoms with Crippen LogP contribution < -0.4 is 4.90 Å². The Morgan fingerprint density at radius 1 is 0.346 bits per heavy atom. The van der Waals surface area contributed by atoms with E-state index in [-0.39, 0.29) is 0 Å². The summed E-state index contributed by atoms with van der Waals surface area (Å²) in [7, 11) is 0. The summed E-state index contributed by atoms with van der Waals surface area (Å²) in [5, 5.41) is 7.12. The van der Waals surface area contributed by atoms with Crippen LogP contribution in [0.3, 0.4) is 0 Å². The van der Waals surface area contributed by atoms with E-state index in [0.29, 0.717) is 0 Å². The number of nitrogens with zero attached hydrogens (tertiary/aromatic N) is 1. The molecule has 0 aliphatic heterocycles. The Morgan fingerprint density at radius 3 is 1.73 bits per heavy atom. The number of hydrogen-bond acceptors (Lipinski definition) is 2. The third-order valence-corrected chi connectivity index (χ3v) is 10.2. The lowest BCUT2D eigenvalue weighted by molar-refractivity contribution is 0.669. The molecule has 2 heteroatoms. The molecule has 0 saturated carbocycles. The SMILES string of the molecule is c1ccc(-c2ccc(N(c3cccc(-c4cccc5cccc(-c6ccccc6)c45)c3)c3cccc4c3oc3ccc5ccccc5c34)cc2)cc1. The van der Waals surface area contributed by atoms with Crippen molar-refractivity contribution in [3.8, 4) is 33.4 Å². The molecule has 1 heterocycles. The first-order valence-electron chi connectivity index (χ1n) is 17.8. The first-order chi connectivity index (χ1) is 25.8. The second-order valence-electron chi connectivity index (χ2n) is 13.3. The zero-order valence-corrected chi connectivity index (χ0v) is 28.4. The summed E-state index contributed by atoms with van der Waals surface area (Å²) in [5.74, 6) is 0. The summed E-state index contributed by atoms with van der Waals surface area (Å²) in [6.45, 7) is 0. The van der Waals surface area contributed by atoms with Crippen LogP contribution in [0.15, 0.2) is 205 Å². The van der Waals surface area contributed by atoms with E-state index in [1.54, 1.807) is 0 Å². The van der Waals surface area contributed by atoms with Crippen molar-refractivity contribution >= 4 is 60.5 Å². The summed E-state index contributed by atoms with van der Waals surface area (Å²) in [6.07, 6.45) is 0. The van der Waals surface area contributed by atoms with Gasteiger partial charge in [-0.15, -0.1) is 0 Å². The highest BCUT2D eigenvalue weighted by atomic mass is 16.3. The van der Waals surface area contributed by atoms with Crippen molar-refractivity contribution in [2.45, 2.75) is 0 Å². The third kappa shape index (κ3) is 5.04. The quantitative estimate of drug-likeness (QED) is 0.176. The summed E-state index contributed by atoms with van der Waals surface area (Å²) in [4.78, 5) is 2.34. The molecule has 52 heavy (non-hydrogen) atoms. The average Bonchev–Trinajstić information content (AvgIpc) is 3.62. The number of rotatable bonds is 6. The normalized spacial score (nSPS) is 11.5. The van der Waals surface area contributed by atoms with Crippen molar-refractivity contribution in [2.24, 2.45) is 0 Å². The molecule has 0 unspecified atom stereocenters. The molecule has 0 fully saturated rings. The molecular weight excluding hydrogens is 631 g/mol. The highest BCUT2D eigenvalue weighted by Crippen LogP contribution is 2.45. The van der Waals surface area contributed by atoms with Crippen LogP contribution in [0.2, 0.25) is 0 Å². The first kappa shape index (κ1) is 30.0. The van der Waals surface area contributed by atoms with Gasteiger partial charge >= 0.3 is 0 Å². The molecular formula is C50H33NO. The molecule has 1 aromatic heterocycles. The minimum absolute atomic E-state index is 0.864. The lowest BCUT2D eigenvalue weighted by Crippen LogP contribution is -2.10. The van der Waals surface area contributed by atoms with E-state index >= 15 is 0 Å². The number of hydrogen-bond donors (Lipinski definition) is 0. The van der Waals surface area contributed by atoms with Gasteiger partial charge in [0.25, 0.3) is 0 Å². The summed E-state index contributed by atoms with van der Waals surface area (Å²) >= 11 is 0. The molecule has 10 aromatic rings. The van der Waals surface area contributed by atoms with E-state index in [2.05, 4.69) is 205 Å². The molecule has 10 rings (SSSR count). The first-order valence-corrected chi connectivity index (χ1v) is 17.8. The minimum atomic E-state index is 0.864. The van der Waals surface area contributed by atoms with Gasteiger partial charge in [0, 0.05) is 22.1 Å². The maximum Gasteiger partial charge on any atom is 0.159 e. The Morgan fingerprint density at radius 2 is 0.942 bits per heavy atom. The fourth-order valence-electron chi connectivity index (χ4n) is 7.84. The van der Waals surface area contributed by atoms with Crippen molar-refractivity contribution in [3.05, 3.63) is 200 Å². The summed E-state index contributed by atoms with van der Waals surface area (Å²) < 4.78 is 6.80. The third-order valence-electron chi connectivity index (χ3n) is 10.2. The zero-order valence-electron chi connectivity index (χ0n) is 28.4. The van der Waals surface area contributed by atoms with Crippen LogP contribution in [0.4, 0.5) is 17.1 Å². The van der Waals surface area contributed by atoms with Crippen molar-refractivity contribution in [3.63, 3.8) is 0 Å². The highest BCUT2D eigenvalue weighted by molar-refractivity contribution is 6.21. The van der Waals surface area contributed by atoms with Crippen molar-refractivity contribution in [2.75, 3.05) is 4.90 Å². The lowest BCUT2D eigenvalue weighted by Gasteiger charge is -2.26. The minimum Gasteiger partial charge on any atom is -0.454 e. The molecule has 0 aliphatic rings. The molecule has 0 bridgehead atoms. The van der Waals surface area contributed by atoms with Crippen LogP contribution in [0.25, 0.3) is 76.9 Å². The van der Waals surface area contributed by atoms with Gasteiger partial charge in [0.1, 0.15) is 5.58 Å². The van der Waals surface area contributed by atoms with E-state index in [9.17, 15) is 0 Å². The van der Waals surface area contributed by atoms with Gasteiger partial charge in [0.15, 0.2) is 5.58 Å². The molecule has 9 aromatic carbocycles. The van der Waals surface area contributed by atoms with Gasteiger partial charge < -0.3 is 9.32 Å². The van der Waals surface area contributed by atoms with Gasteiger partial charge in [-0.05, 0) is 91.3 Å². The maximum absolute atomic E-state index is 6.80. The van der Waals surface area contributed by atoms with Crippen LogP contribution in [0, 0.1) is 0 Å². The van der Waals surface area contributed by atoms with Crippen molar-refractivity contribution in [1.82, 2.24) is 0 Å². The molecule has 2 nitrogen and oxygen atoms in total. The Balaban J connectivity index is 1.19. The Hall–Kier alpha value is -6.90. The van der Waals surface area contributed by atoms with Crippen LogP contribution >= 0.6 is 0 Å². The average molecular weight is 664 g/mol. The second-order valence-corrected chi connectivity index (χ2v) is 13.3. The van der Waals surface area contributed by atoms with E-state index < -0.39 is 0 Å². The number of furan rings is 1. The standard InChI is InChI=1S/C50H33NO/c1-3-13-34(14-4-1)35-27-30-40(31-28-35)51(46-26-12-25-45-49-43-22-8-7-17-37(43)29-32-47(49)52-50(45)46)41-21-9-20-39(33-41)44-24-11-19-38-18-10-23-42(48(38)44)36-15-5-2-6-16-36/h1-33H. The van der Waals surface area contributed by atoms with Gasteiger partial charge in [-0.25, -0.2) is 0 Å². The summed E-state index contributed by atoms with van der Waals surface area (Å²) in [6, 6.07) is 71.6. The van der Waals surface area contributed by atoms with Gasteiger partial charge in [-0.1, -0.05) is 164 Å². The van der Waals surface area contributed by atoms with Gasteiger partial charge in [0.2, 0.25) is 0 Å². The predicted octanol–water partition coefficient (Wildman–Crippen LogP) is 14.4. The molecule has 0 N–H and O–H groups in total. The van der Waals surface area contributed by atoms with Crippen LogP contribution in [-0.4, -0.2) is 0 Å². The van der Waals surface area contributed by atoms with Crippen molar-refractivity contribution in [1.29, 1.82) is 0 Å². The molecule has 0 saturated heterocycles. The topological polar surface area (TPSA) is 16.4 Å². The lowest BCUT2D eigenvalue weighted by atomic mass is 9.91. The monoisotopic (exact) mass is 663 g/mol. The largest absolute Gasteiger partial charge is 0.454 e. The number of benzene rings is 9. The van der Waals surface area contributed by atoms with Crippen LogP contribution in [0.1, 0.15) is 0 Å². The fraction of sp³-hybridized carbons (Fsp3) is 0. The van der Waals surface area contributed by atoms with Gasteiger partial charge in [-0.3, -0.25) is 0 Å². The van der Waals surface area contributed by atoms with E-state index in [0.717, 1.165) is 44.6 Å². The number of fused-ring (bicyclic) bond motifs is 6. The van der Waals surface area contributed by atoms with Gasteiger partial charge in [0.05, 0.1) is 5.69 Å². The molecule has 0 atom stereocenters. The van der Waals surface area contributed by atoms with E-state index in [4.69, 9.17) is 4.42 Å². The van der Waals surface area contributed by atoms with E-state index in [1.165, 1.54) is 49.4 Å². The molecule has 0 aliphatic carbocycles. The summed E-state index contributed by atoms with van der Waals surface area (Å²) in [5.41, 5.74) is 12.0.